The second-order valence-corrected chi connectivity index (χ2v) is 3.48. The average molecular weight is 236 g/mol. The van der Waals surface area contributed by atoms with Crippen LogP contribution in [0.2, 0.25) is 0 Å². The summed E-state index contributed by atoms with van der Waals surface area (Å²) >= 11 is 2.95. The van der Waals surface area contributed by atoms with E-state index in [1.54, 1.807) is 0 Å². The van der Waals surface area contributed by atoms with Crippen LogP contribution < -0.4 is 0 Å². The molecule has 1 N–H and O–H groups in total. The van der Waals surface area contributed by atoms with Crippen LogP contribution in [0.1, 0.15) is 6.92 Å². The fraction of sp³-hybridized carbons (Fsp3) is 0.429. The fourth-order valence-corrected chi connectivity index (χ4v) is 1.26. The summed E-state index contributed by atoms with van der Waals surface area (Å²) in [5.74, 6) is -1.26. The number of dihydropyridines is 1. The minimum absolute atomic E-state index is 0.206. The highest BCUT2D eigenvalue weighted by atomic mass is 79.9. The molecule has 0 spiro atoms. The quantitative estimate of drug-likeness (QED) is 0.750. The summed E-state index contributed by atoms with van der Waals surface area (Å²) in [6.07, 6.45) is 2.68. The van der Waals surface area contributed by atoms with Gasteiger partial charge >= 0.3 is 5.97 Å². The number of aliphatic carboxylic acids is 1. The number of halogens is 2. The molecule has 1 aliphatic rings. The highest BCUT2D eigenvalue weighted by molar-refractivity contribution is 9.11. The van der Waals surface area contributed by atoms with Crippen LogP contribution >= 0.6 is 15.9 Å². The van der Waals surface area contributed by atoms with Crippen molar-refractivity contribution in [1.29, 1.82) is 0 Å². The monoisotopic (exact) mass is 235 g/mol. The Balaban J connectivity index is 3.01. The second-order valence-electron chi connectivity index (χ2n) is 2.63. The lowest BCUT2D eigenvalue weighted by Crippen LogP contribution is -2.41. The largest absolute Gasteiger partial charge is 0.480 e. The van der Waals surface area contributed by atoms with Crippen LogP contribution in [0.5, 0.6) is 0 Å². The lowest BCUT2D eigenvalue weighted by atomic mass is 9.97. The predicted octanol–water partition coefficient (Wildman–Crippen LogP) is 1.53. The molecule has 0 aromatic carbocycles. The Bertz CT molecular complexity index is 273. The molecule has 12 heavy (non-hydrogen) atoms. The zero-order valence-electron chi connectivity index (χ0n) is 6.29. The van der Waals surface area contributed by atoms with Gasteiger partial charge in [0.25, 0.3) is 0 Å². The maximum Gasteiger partial charge on any atom is 0.332 e. The first-order valence-corrected chi connectivity index (χ1v) is 4.06. The van der Waals surface area contributed by atoms with Crippen molar-refractivity contribution in [1.82, 2.24) is 0 Å². The Morgan fingerprint density at radius 2 is 2.50 bits per heavy atom. The van der Waals surface area contributed by atoms with E-state index >= 15 is 0 Å². The van der Waals surface area contributed by atoms with Gasteiger partial charge in [-0.2, -0.15) is 0 Å². The fourth-order valence-electron chi connectivity index (χ4n) is 0.924. The number of rotatable bonds is 1. The molecule has 0 fully saturated rings. The highest BCUT2D eigenvalue weighted by Crippen LogP contribution is 2.33. The molecule has 2 unspecified atom stereocenters. The van der Waals surface area contributed by atoms with Crippen LogP contribution in [-0.2, 0) is 4.79 Å². The summed E-state index contributed by atoms with van der Waals surface area (Å²) in [6.45, 7) is 1.18. The third kappa shape index (κ3) is 1.41. The van der Waals surface area contributed by atoms with Gasteiger partial charge in [0.2, 0.25) is 0 Å². The molecule has 1 heterocycles. The van der Waals surface area contributed by atoms with Gasteiger partial charge in [-0.15, -0.1) is 0 Å². The van der Waals surface area contributed by atoms with E-state index in [0.29, 0.717) is 0 Å². The van der Waals surface area contributed by atoms with E-state index in [2.05, 4.69) is 20.9 Å². The molecule has 66 valence electrons. The summed E-state index contributed by atoms with van der Waals surface area (Å²) in [7, 11) is 0. The maximum atomic E-state index is 13.6. The summed E-state index contributed by atoms with van der Waals surface area (Å²) in [5.41, 5.74) is -1.94. The molecule has 0 aromatic rings. The maximum absolute atomic E-state index is 13.6. The number of carboxylic acid groups (broad SMARTS) is 1. The molecule has 0 aromatic heterocycles. The molecule has 0 saturated heterocycles. The minimum atomic E-state index is -1.94. The van der Waals surface area contributed by atoms with Crippen molar-refractivity contribution >= 4 is 28.1 Å². The van der Waals surface area contributed by atoms with Crippen molar-refractivity contribution in [2.75, 3.05) is 0 Å². The van der Waals surface area contributed by atoms with Gasteiger partial charge in [0, 0.05) is 10.7 Å². The van der Waals surface area contributed by atoms with Crippen LogP contribution in [-0.4, -0.2) is 29.0 Å². The third-order valence-corrected chi connectivity index (χ3v) is 2.71. The first-order valence-electron chi connectivity index (χ1n) is 3.27. The highest BCUT2D eigenvalue weighted by Gasteiger charge is 2.43. The first kappa shape index (κ1) is 9.38. The van der Waals surface area contributed by atoms with Crippen LogP contribution in [0.15, 0.2) is 15.6 Å². The Kier molecular flexibility index (Phi) is 2.32. The van der Waals surface area contributed by atoms with Crippen LogP contribution in [0.25, 0.3) is 0 Å². The van der Waals surface area contributed by atoms with Gasteiger partial charge in [-0.1, -0.05) is 15.9 Å². The van der Waals surface area contributed by atoms with Crippen molar-refractivity contribution in [3.05, 3.63) is 10.6 Å². The number of alkyl halides is 1. The minimum Gasteiger partial charge on any atom is -0.480 e. The van der Waals surface area contributed by atoms with E-state index < -0.39 is 17.7 Å². The third-order valence-electron chi connectivity index (χ3n) is 1.67. The SMILES string of the molecule is CC1(F)C(Br)=CC=NC1C(=O)O. The molecule has 0 saturated carbocycles. The number of carboxylic acids is 1. The molecule has 0 radical (unpaired) electrons. The Morgan fingerprint density at radius 3 is 2.92 bits per heavy atom. The zero-order chi connectivity index (χ0) is 9.35. The topological polar surface area (TPSA) is 49.7 Å². The van der Waals surface area contributed by atoms with Crippen LogP contribution in [0.4, 0.5) is 4.39 Å². The van der Waals surface area contributed by atoms with Gasteiger partial charge in [0.15, 0.2) is 11.7 Å². The van der Waals surface area contributed by atoms with Gasteiger partial charge in [0.05, 0.1) is 0 Å². The van der Waals surface area contributed by atoms with Crippen LogP contribution in [0, 0.1) is 0 Å². The molecule has 2 atom stereocenters. The normalized spacial score (nSPS) is 34.6. The number of hydrogen-bond donors (Lipinski definition) is 1. The molecular formula is C7H7BrFNO2. The number of nitrogens with zero attached hydrogens (tertiary/aromatic N) is 1. The number of carbonyl (C=O) groups is 1. The van der Waals surface area contributed by atoms with Gasteiger partial charge in [-0.25, -0.2) is 9.18 Å². The smallest absolute Gasteiger partial charge is 0.332 e. The number of aliphatic imine (C=N–C) groups is 1. The molecule has 1 rings (SSSR count). The van der Waals surface area contributed by atoms with Gasteiger partial charge in [-0.05, 0) is 13.0 Å². The summed E-state index contributed by atoms with van der Waals surface area (Å²) in [4.78, 5) is 14.0. The van der Waals surface area contributed by atoms with Crippen molar-refractivity contribution in [2.24, 2.45) is 4.99 Å². The number of allylic oxidation sites excluding steroid dienone is 1. The molecule has 0 amide bonds. The zero-order valence-corrected chi connectivity index (χ0v) is 7.88. The first-order chi connectivity index (χ1) is 5.46. The molecule has 3 nitrogen and oxygen atoms in total. The van der Waals surface area contributed by atoms with Gasteiger partial charge in [-0.3, -0.25) is 4.99 Å². The Morgan fingerprint density at radius 1 is 1.92 bits per heavy atom. The van der Waals surface area contributed by atoms with E-state index in [9.17, 15) is 9.18 Å². The summed E-state index contributed by atoms with van der Waals surface area (Å²) in [6, 6.07) is -1.35. The molecule has 1 aliphatic heterocycles. The predicted molar refractivity (Wildman–Crippen MR) is 46.4 cm³/mol. The second kappa shape index (κ2) is 2.97. The summed E-state index contributed by atoms with van der Waals surface area (Å²) < 4.78 is 13.8. The van der Waals surface area contributed by atoms with E-state index in [-0.39, 0.29) is 4.48 Å². The van der Waals surface area contributed by atoms with Crippen molar-refractivity contribution in [3.63, 3.8) is 0 Å². The molecule has 5 heteroatoms. The Labute approximate surface area is 77.1 Å². The standard InChI is InChI=1S/C7H7BrFNO2/c1-7(9)4(8)2-3-10-5(7)6(11)12/h2-3,5H,1H3,(H,11,12). The lowest BCUT2D eigenvalue weighted by molar-refractivity contribution is -0.141. The molecular weight excluding hydrogens is 229 g/mol. The average Bonchev–Trinajstić information content (AvgIpc) is 1.94. The van der Waals surface area contributed by atoms with Crippen LogP contribution in [0.3, 0.4) is 0 Å². The lowest BCUT2D eigenvalue weighted by Gasteiger charge is -2.26. The molecule has 0 aliphatic carbocycles. The van der Waals surface area contributed by atoms with Crippen molar-refractivity contribution in [3.8, 4) is 0 Å². The van der Waals surface area contributed by atoms with E-state index in [4.69, 9.17) is 5.11 Å². The van der Waals surface area contributed by atoms with Gasteiger partial charge < -0.3 is 5.11 Å². The summed E-state index contributed by atoms with van der Waals surface area (Å²) in [5, 5.41) is 8.59. The van der Waals surface area contributed by atoms with E-state index in [1.165, 1.54) is 19.2 Å². The van der Waals surface area contributed by atoms with Crippen molar-refractivity contribution < 1.29 is 14.3 Å². The van der Waals surface area contributed by atoms with Crippen molar-refractivity contribution in [2.45, 2.75) is 18.6 Å². The van der Waals surface area contributed by atoms with E-state index in [1.807, 2.05) is 0 Å². The molecule has 0 bridgehead atoms. The Hall–Kier alpha value is -0.710. The van der Waals surface area contributed by atoms with Gasteiger partial charge in [0.1, 0.15) is 0 Å². The van der Waals surface area contributed by atoms with E-state index in [0.717, 1.165) is 0 Å². The number of hydrogen-bond acceptors (Lipinski definition) is 2.